The van der Waals surface area contributed by atoms with Gasteiger partial charge in [0.2, 0.25) is 0 Å². The third-order valence-corrected chi connectivity index (χ3v) is 2.83. The van der Waals surface area contributed by atoms with Crippen molar-refractivity contribution in [2.45, 2.75) is 11.8 Å². The lowest BCUT2D eigenvalue weighted by molar-refractivity contribution is 0.0792. The summed E-state index contributed by atoms with van der Waals surface area (Å²) < 4.78 is 18.0. The highest BCUT2D eigenvalue weighted by atomic mass is 19.1. The Morgan fingerprint density at radius 3 is 2.50 bits per heavy atom. The van der Waals surface area contributed by atoms with Crippen molar-refractivity contribution in [3.05, 3.63) is 35.6 Å². The summed E-state index contributed by atoms with van der Waals surface area (Å²) in [4.78, 5) is 0. The number of halogens is 1. The zero-order valence-electron chi connectivity index (χ0n) is 9.32. The molecule has 0 saturated heterocycles. The number of hydrogen-bond donors (Lipinski definition) is 2. The highest BCUT2D eigenvalue weighted by molar-refractivity contribution is 5.26. The summed E-state index contributed by atoms with van der Waals surface area (Å²) >= 11 is 0. The van der Waals surface area contributed by atoms with Crippen LogP contribution in [0.25, 0.3) is 0 Å². The molecule has 0 atom stereocenters. The molecule has 0 unspecified atom stereocenters. The fraction of sp³-hybridized carbons (Fsp3) is 0.500. The molecule has 90 valence electrons. The first-order valence-electron chi connectivity index (χ1n) is 5.15. The van der Waals surface area contributed by atoms with Gasteiger partial charge in [0, 0.05) is 19.1 Å². The number of ether oxygens (including phenoxy) is 1. The standard InChI is InChI=1S/C12H17FO3/c1-16-6-5-12(8-14,9-15)10-3-2-4-11(13)7-10/h2-4,7,14-15H,5-6,8-9H2,1H3. The Hall–Kier alpha value is -0.970. The van der Waals surface area contributed by atoms with Gasteiger partial charge in [-0.25, -0.2) is 4.39 Å². The van der Waals surface area contributed by atoms with Gasteiger partial charge in [0.05, 0.1) is 13.2 Å². The molecule has 1 aromatic rings. The van der Waals surface area contributed by atoms with Crippen molar-refractivity contribution in [2.24, 2.45) is 0 Å². The Morgan fingerprint density at radius 1 is 1.31 bits per heavy atom. The van der Waals surface area contributed by atoms with Gasteiger partial charge in [-0.05, 0) is 24.1 Å². The van der Waals surface area contributed by atoms with Crippen LogP contribution >= 0.6 is 0 Å². The van der Waals surface area contributed by atoms with Gasteiger partial charge >= 0.3 is 0 Å². The van der Waals surface area contributed by atoms with Crippen LogP contribution in [-0.4, -0.2) is 37.1 Å². The van der Waals surface area contributed by atoms with E-state index in [1.165, 1.54) is 12.1 Å². The van der Waals surface area contributed by atoms with Gasteiger partial charge in [0.1, 0.15) is 5.82 Å². The second-order valence-electron chi connectivity index (χ2n) is 3.85. The quantitative estimate of drug-likeness (QED) is 0.766. The van der Waals surface area contributed by atoms with Crippen LogP contribution in [0.2, 0.25) is 0 Å². The first-order chi connectivity index (χ1) is 7.68. The van der Waals surface area contributed by atoms with E-state index in [0.29, 0.717) is 18.6 Å². The van der Waals surface area contributed by atoms with Crippen molar-refractivity contribution in [3.8, 4) is 0 Å². The lowest BCUT2D eigenvalue weighted by Gasteiger charge is -2.30. The summed E-state index contributed by atoms with van der Waals surface area (Å²) in [6.07, 6.45) is 0.444. The van der Waals surface area contributed by atoms with E-state index in [1.54, 1.807) is 19.2 Å². The maximum atomic E-state index is 13.1. The van der Waals surface area contributed by atoms with Gasteiger partial charge in [-0.1, -0.05) is 12.1 Å². The number of aliphatic hydroxyl groups excluding tert-OH is 2. The summed E-state index contributed by atoms with van der Waals surface area (Å²) in [6, 6.07) is 5.93. The number of benzene rings is 1. The van der Waals surface area contributed by atoms with Crippen LogP contribution in [0.4, 0.5) is 4.39 Å². The molecule has 0 aliphatic heterocycles. The molecule has 0 radical (unpaired) electrons. The smallest absolute Gasteiger partial charge is 0.123 e. The zero-order valence-corrected chi connectivity index (χ0v) is 9.32. The minimum absolute atomic E-state index is 0.240. The molecule has 2 N–H and O–H groups in total. The van der Waals surface area contributed by atoms with Crippen molar-refractivity contribution in [2.75, 3.05) is 26.9 Å². The number of hydrogen-bond acceptors (Lipinski definition) is 3. The van der Waals surface area contributed by atoms with Crippen molar-refractivity contribution in [3.63, 3.8) is 0 Å². The minimum atomic E-state index is -0.835. The fourth-order valence-corrected chi connectivity index (χ4v) is 1.65. The number of methoxy groups -OCH3 is 1. The lowest BCUT2D eigenvalue weighted by atomic mass is 9.79. The summed E-state index contributed by atoms with van der Waals surface area (Å²) in [5.74, 6) is -0.374. The maximum Gasteiger partial charge on any atom is 0.123 e. The Bertz CT molecular complexity index is 324. The zero-order chi connectivity index (χ0) is 12.0. The Balaban J connectivity index is 2.99. The predicted molar refractivity (Wildman–Crippen MR) is 58.7 cm³/mol. The van der Waals surface area contributed by atoms with Crippen LogP contribution in [-0.2, 0) is 10.2 Å². The van der Waals surface area contributed by atoms with E-state index in [9.17, 15) is 14.6 Å². The van der Waals surface area contributed by atoms with Crippen molar-refractivity contribution in [1.29, 1.82) is 0 Å². The van der Waals surface area contributed by atoms with E-state index in [0.717, 1.165) is 0 Å². The van der Waals surface area contributed by atoms with Crippen LogP contribution in [0, 0.1) is 5.82 Å². The summed E-state index contributed by atoms with van der Waals surface area (Å²) in [6.45, 7) is -0.0791. The molecule has 4 heteroatoms. The predicted octanol–water partition coefficient (Wildman–Crippen LogP) is 1.08. The Morgan fingerprint density at radius 2 is 2.00 bits per heavy atom. The monoisotopic (exact) mass is 228 g/mol. The second kappa shape index (κ2) is 5.94. The van der Waals surface area contributed by atoms with Gasteiger partial charge in [0.15, 0.2) is 0 Å². The highest BCUT2D eigenvalue weighted by Gasteiger charge is 2.30. The van der Waals surface area contributed by atoms with Crippen LogP contribution in [0.15, 0.2) is 24.3 Å². The molecule has 0 aliphatic rings. The van der Waals surface area contributed by atoms with Gasteiger partial charge in [-0.15, -0.1) is 0 Å². The molecule has 0 heterocycles. The number of aliphatic hydroxyl groups is 2. The molecule has 0 bridgehead atoms. The van der Waals surface area contributed by atoms with Crippen molar-refractivity contribution >= 4 is 0 Å². The van der Waals surface area contributed by atoms with E-state index in [2.05, 4.69) is 0 Å². The van der Waals surface area contributed by atoms with Crippen molar-refractivity contribution in [1.82, 2.24) is 0 Å². The molecule has 1 aromatic carbocycles. The van der Waals surface area contributed by atoms with Gasteiger partial charge in [0.25, 0.3) is 0 Å². The largest absolute Gasteiger partial charge is 0.395 e. The van der Waals surface area contributed by atoms with Gasteiger partial charge in [-0.3, -0.25) is 0 Å². The van der Waals surface area contributed by atoms with Crippen LogP contribution < -0.4 is 0 Å². The molecule has 0 aromatic heterocycles. The molecular weight excluding hydrogens is 211 g/mol. The van der Waals surface area contributed by atoms with E-state index >= 15 is 0 Å². The Kier molecular flexibility index (Phi) is 4.86. The third kappa shape index (κ3) is 2.78. The van der Waals surface area contributed by atoms with Crippen LogP contribution in [0.3, 0.4) is 0 Å². The Labute approximate surface area is 94.5 Å². The summed E-state index contributed by atoms with van der Waals surface area (Å²) in [5.41, 5.74) is -0.243. The van der Waals surface area contributed by atoms with E-state index in [1.807, 2.05) is 0 Å². The van der Waals surface area contributed by atoms with E-state index in [-0.39, 0.29) is 19.0 Å². The van der Waals surface area contributed by atoms with Crippen LogP contribution in [0.1, 0.15) is 12.0 Å². The average molecular weight is 228 g/mol. The molecule has 0 amide bonds. The minimum Gasteiger partial charge on any atom is -0.395 e. The van der Waals surface area contributed by atoms with Crippen molar-refractivity contribution < 1.29 is 19.3 Å². The normalized spacial score (nSPS) is 11.8. The first-order valence-corrected chi connectivity index (χ1v) is 5.15. The summed E-state index contributed by atoms with van der Waals surface area (Å²) in [5, 5.41) is 18.8. The van der Waals surface area contributed by atoms with E-state index in [4.69, 9.17) is 4.74 Å². The SMILES string of the molecule is COCCC(CO)(CO)c1cccc(F)c1. The molecule has 1 rings (SSSR count). The molecule has 0 spiro atoms. The third-order valence-electron chi connectivity index (χ3n) is 2.83. The first kappa shape index (κ1) is 13.1. The molecule has 0 saturated carbocycles. The van der Waals surface area contributed by atoms with Crippen LogP contribution in [0.5, 0.6) is 0 Å². The fourth-order valence-electron chi connectivity index (χ4n) is 1.65. The summed E-state index contributed by atoms with van der Waals surface area (Å²) in [7, 11) is 1.55. The maximum absolute atomic E-state index is 13.1. The topological polar surface area (TPSA) is 49.7 Å². The highest BCUT2D eigenvalue weighted by Crippen LogP contribution is 2.27. The molecular formula is C12H17FO3. The van der Waals surface area contributed by atoms with E-state index < -0.39 is 5.41 Å². The number of rotatable bonds is 6. The molecule has 0 fully saturated rings. The molecule has 0 aliphatic carbocycles. The molecule has 3 nitrogen and oxygen atoms in total. The average Bonchev–Trinajstić information content (AvgIpc) is 2.31. The van der Waals surface area contributed by atoms with Gasteiger partial charge < -0.3 is 14.9 Å². The second-order valence-corrected chi connectivity index (χ2v) is 3.85. The molecule has 16 heavy (non-hydrogen) atoms. The van der Waals surface area contributed by atoms with Gasteiger partial charge in [-0.2, -0.15) is 0 Å². The lowest BCUT2D eigenvalue weighted by Crippen LogP contribution is -2.36.